The van der Waals surface area contributed by atoms with Crippen LogP contribution in [0.3, 0.4) is 0 Å². The first kappa shape index (κ1) is 13.8. The van der Waals surface area contributed by atoms with E-state index >= 15 is 0 Å². The first-order valence-corrected chi connectivity index (χ1v) is 6.24. The molecule has 0 radical (unpaired) electrons. The number of benzene rings is 1. The summed E-state index contributed by atoms with van der Waals surface area (Å²) in [7, 11) is 0. The largest absolute Gasteiger partial charge is 0.347 e. The van der Waals surface area contributed by atoms with Crippen LogP contribution in [0.5, 0.6) is 0 Å². The quantitative estimate of drug-likeness (QED) is 0.741. The number of carbonyl (C=O) groups is 2. The fourth-order valence-corrected chi connectivity index (χ4v) is 1.67. The number of aromatic amines is 1. The molecule has 104 valence electrons. The van der Waals surface area contributed by atoms with Gasteiger partial charge in [-0.25, -0.2) is 4.98 Å². The van der Waals surface area contributed by atoms with Gasteiger partial charge in [0.1, 0.15) is 5.82 Å². The van der Waals surface area contributed by atoms with Crippen LogP contribution < -0.4 is 10.6 Å². The van der Waals surface area contributed by atoms with Crippen molar-refractivity contribution in [1.29, 1.82) is 0 Å². The number of imidazole rings is 1. The van der Waals surface area contributed by atoms with E-state index in [2.05, 4.69) is 20.6 Å². The zero-order chi connectivity index (χ0) is 14.5. The van der Waals surface area contributed by atoms with Crippen molar-refractivity contribution in [2.24, 2.45) is 0 Å². The molecule has 0 aliphatic carbocycles. The van der Waals surface area contributed by atoms with E-state index in [4.69, 9.17) is 0 Å². The average Bonchev–Trinajstić information content (AvgIpc) is 2.95. The SMILES string of the molecule is Cc1ccc(NC(=O)C(=O)NC(C)c2ncc[nH]2)cc1. The van der Waals surface area contributed by atoms with Gasteiger partial charge in [-0.1, -0.05) is 17.7 Å². The van der Waals surface area contributed by atoms with Crippen molar-refractivity contribution < 1.29 is 9.59 Å². The molecule has 1 aromatic carbocycles. The number of hydrogen-bond acceptors (Lipinski definition) is 3. The Hall–Kier alpha value is -2.63. The highest BCUT2D eigenvalue weighted by molar-refractivity contribution is 6.39. The normalized spacial score (nSPS) is 11.7. The highest BCUT2D eigenvalue weighted by atomic mass is 16.2. The van der Waals surface area contributed by atoms with Crippen LogP contribution in [0.25, 0.3) is 0 Å². The number of hydrogen-bond donors (Lipinski definition) is 3. The second-order valence-electron chi connectivity index (χ2n) is 4.49. The van der Waals surface area contributed by atoms with E-state index < -0.39 is 11.8 Å². The number of anilines is 1. The van der Waals surface area contributed by atoms with E-state index in [0.717, 1.165) is 5.56 Å². The minimum atomic E-state index is -0.702. The predicted octanol–water partition coefficient (Wildman–Crippen LogP) is 1.53. The maximum atomic E-state index is 11.8. The second kappa shape index (κ2) is 6.01. The number of nitrogens with zero attached hydrogens (tertiary/aromatic N) is 1. The van der Waals surface area contributed by atoms with Gasteiger partial charge in [-0.2, -0.15) is 0 Å². The van der Waals surface area contributed by atoms with Crippen LogP contribution in [0.4, 0.5) is 5.69 Å². The van der Waals surface area contributed by atoms with Crippen molar-refractivity contribution in [2.75, 3.05) is 5.32 Å². The van der Waals surface area contributed by atoms with Gasteiger partial charge in [0.25, 0.3) is 0 Å². The molecule has 3 N–H and O–H groups in total. The van der Waals surface area contributed by atoms with Crippen molar-refractivity contribution >= 4 is 17.5 Å². The number of carbonyl (C=O) groups excluding carboxylic acids is 2. The summed E-state index contributed by atoms with van der Waals surface area (Å²) in [6, 6.07) is 6.85. The third-order valence-electron chi connectivity index (χ3n) is 2.79. The number of rotatable bonds is 3. The van der Waals surface area contributed by atoms with Crippen molar-refractivity contribution in [3.8, 4) is 0 Å². The zero-order valence-electron chi connectivity index (χ0n) is 11.3. The summed E-state index contributed by atoms with van der Waals surface area (Å²) in [6.45, 7) is 3.69. The lowest BCUT2D eigenvalue weighted by atomic mass is 10.2. The number of aromatic nitrogens is 2. The molecule has 1 heterocycles. The van der Waals surface area contributed by atoms with Crippen molar-refractivity contribution in [1.82, 2.24) is 15.3 Å². The van der Waals surface area contributed by atoms with Crippen LogP contribution in [0.2, 0.25) is 0 Å². The molecule has 0 aliphatic heterocycles. The molecule has 0 saturated carbocycles. The predicted molar refractivity (Wildman–Crippen MR) is 75.0 cm³/mol. The Bertz CT molecular complexity index is 590. The standard InChI is InChI=1S/C14H16N4O2/c1-9-3-5-11(6-4-9)18-14(20)13(19)17-10(2)12-15-7-8-16-12/h3-8,10H,1-2H3,(H,15,16)(H,17,19)(H,18,20). The van der Waals surface area contributed by atoms with E-state index in [1.807, 2.05) is 19.1 Å². The van der Waals surface area contributed by atoms with E-state index in [0.29, 0.717) is 11.5 Å². The average molecular weight is 272 g/mol. The minimum Gasteiger partial charge on any atom is -0.347 e. The summed E-state index contributed by atoms with van der Waals surface area (Å²) in [5.41, 5.74) is 1.67. The monoisotopic (exact) mass is 272 g/mol. The van der Waals surface area contributed by atoms with Gasteiger partial charge in [0, 0.05) is 18.1 Å². The number of amides is 2. The third kappa shape index (κ3) is 3.44. The lowest BCUT2D eigenvalue weighted by Gasteiger charge is -2.11. The summed E-state index contributed by atoms with van der Waals surface area (Å²) in [6.07, 6.45) is 3.24. The van der Waals surface area contributed by atoms with Crippen LogP contribution in [-0.2, 0) is 9.59 Å². The van der Waals surface area contributed by atoms with Gasteiger partial charge in [0.2, 0.25) is 0 Å². The minimum absolute atomic E-state index is 0.360. The summed E-state index contributed by atoms with van der Waals surface area (Å²) in [5, 5.41) is 5.11. The Kier molecular flexibility index (Phi) is 4.14. The molecule has 0 spiro atoms. The van der Waals surface area contributed by atoms with Crippen LogP contribution in [0.15, 0.2) is 36.7 Å². The summed E-state index contributed by atoms with van der Waals surface area (Å²) < 4.78 is 0. The molecule has 0 aliphatic rings. The van der Waals surface area contributed by atoms with E-state index in [9.17, 15) is 9.59 Å². The van der Waals surface area contributed by atoms with Gasteiger partial charge in [-0.05, 0) is 26.0 Å². The first-order chi connectivity index (χ1) is 9.56. The molecule has 6 nitrogen and oxygen atoms in total. The molecule has 1 aromatic heterocycles. The maximum Gasteiger partial charge on any atom is 0.313 e. The van der Waals surface area contributed by atoms with Crippen molar-refractivity contribution in [3.05, 3.63) is 48.0 Å². The molecular formula is C14H16N4O2. The fraction of sp³-hybridized carbons (Fsp3) is 0.214. The molecule has 2 rings (SSSR count). The van der Waals surface area contributed by atoms with Gasteiger partial charge in [-0.15, -0.1) is 0 Å². The molecule has 1 atom stereocenters. The third-order valence-corrected chi connectivity index (χ3v) is 2.79. The van der Waals surface area contributed by atoms with Crippen LogP contribution in [0, 0.1) is 6.92 Å². The first-order valence-electron chi connectivity index (χ1n) is 6.24. The fourth-order valence-electron chi connectivity index (χ4n) is 1.67. The maximum absolute atomic E-state index is 11.8. The highest BCUT2D eigenvalue weighted by Gasteiger charge is 2.18. The number of H-pyrrole nitrogens is 1. The van der Waals surface area contributed by atoms with Crippen LogP contribution >= 0.6 is 0 Å². The van der Waals surface area contributed by atoms with Gasteiger partial charge in [-0.3, -0.25) is 9.59 Å². The lowest BCUT2D eigenvalue weighted by molar-refractivity contribution is -0.136. The summed E-state index contributed by atoms with van der Waals surface area (Å²) in [4.78, 5) is 30.4. The van der Waals surface area contributed by atoms with Crippen molar-refractivity contribution in [3.63, 3.8) is 0 Å². The smallest absolute Gasteiger partial charge is 0.313 e. The lowest BCUT2D eigenvalue weighted by Crippen LogP contribution is -2.37. The molecule has 0 saturated heterocycles. The van der Waals surface area contributed by atoms with Gasteiger partial charge < -0.3 is 15.6 Å². The Morgan fingerprint density at radius 3 is 2.50 bits per heavy atom. The van der Waals surface area contributed by atoms with Gasteiger partial charge in [0.05, 0.1) is 6.04 Å². The summed E-state index contributed by atoms with van der Waals surface area (Å²) in [5.74, 6) is -0.803. The van der Waals surface area contributed by atoms with E-state index in [-0.39, 0.29) is 6.04 Å². The van der Waals surface area contributed by atoms with Crippen LogP contribution in [0.1, 0.15) is 24.4 Å². The van der Waals surface area contributed by atoms with Crippen molar-refractivity contribution in [2.45, 2.75) is 19.9 Å². The number of nitrogens with one attached hydrogen (secondary N) is 3. The van der Waals surface area contributed by atoms with Crippen LogP contribution in [-0.4, -0.2) is 21.8 Å². The number of aryl methyl sites for hydroxylation is 1. The molecule has 2 aromatic rings. The molecule has 2 amide bonds. The highest BCUT2D eigenvalue weighted by Crippen LogP contribution is 2.09. The Balaban J connectivity index is 1.92. The molecule has 0 fully saturated rings. The topological polar surface area (TPSA) is 86.9 Å². The van der Waals surface area contributed by atoms with Gasteiger partial charge >= 0.3 is 11.8 Å². The van der Waals surface area contributed by atoms with E-state index in [1.165, 1.54) is 0 Å². The van der Waals surface area contributed by atoms with E-state index in [1.54, 1.807) is 31.5 Å². The molecule has 1 unspecified atom stereocenters. The zero-order valence-corrected chi connectivity index (χ0v) is 11.3. The molecule has 6 heteroatoms. The Labute approximate surface area is 116 Å². The Morgan fingerprint density at radius 2 is 1.90 bits per heavy atom. The summed E-state index contributed by atoms with van der Waals surface area (Å²) >= 11 is 0. The molecule has 0 bridgehead atoms. The molecule has 20 heavy (non-hydrogen) atoms. The molecular weight excluding hydrogens is 256 g/mol. The second-order valence-corrected chi connectivity index (χ2v) is 4.49. The van der Waals surface area contributed by atoms with Gasteiger partial charge in [0.15, 0.2) is 0 Å². The Morgan fingerprint density at radius 1 is 1.20 bits per heavy atom.